The van der Waals surface area contributed by atoms with Crippen LogP contribution in [0.3, 0.4) is 0 Å². The standard InChI is InChI=1S/C21H19NO6/c1-26-18-10-16(21(24)25)17(11-19(18)27-2)22-20(23)12-28-15-8-7-13-5-3-4-6-14(13)9-15/h3-11H,12H2,1-2H3,(H,22,23)(H,24,25). The van der Waals surface area contributed by atoms with Crippen LogP contribution in [0.25, 0.3) is 10.8 Å². The summed E-state index contributed by atoms with van der Waals surface area (Å²) >= 11 is 0. The number of benzene rings is 3. The number of hydrogen-bond acceptors (Lipinski definition) is 5. The number of anilines is 1. The Hall–Kier alpha value is -3.74. The van der Waals surface area contributed by atoms with E-state index in [1.807, 2.05) is 36.4 Å². The molecule has 144 valence electrons. The van der Waals surface area contributed by atoms with E-state index in [0.717, 1.165) is 10.8 Å². The Kier molecular flexibility index (Phi) is 5.64. The summed E-state index contributed by atoms with van der Waals surface area (Å²) in [5.74, 6) is -0.599. The molecule has 3 aromatic rings. The minimum absolute atomic E-state index is 0.0947. The number of methoxy groups -OCH3 is 2. The molecule has 0 heterocycles. The summed E-state index contributed by atoms with van der Waals surface area (Å²) in [5, 5.41) is 14.0. The van der Waals surface area contributed by atoms with Crippen molar-refractivity contribution >= 4 is 28.3 Å². The quantitative estimate of drug-likeness (QED) is 0.650. The van der Waals surface area contributed by atoms with Gasteiger partial charge in [0.1, 0.15) is 5.75 Å². The van der Waals surface area contributed by atoms with Crippen molar-refractivity contribution in [2.75, 3.05) is 26.1 Å². The minimum atomic E-state index is -1.20. The Morgan fingerprint density at radius 2 is 1.61 bits per heavy atom. The van der Waals surface area contributed by atoms with Gasteiger partial charge in [-0.1, -0.05) is 30.3 Å². The van der Waals surface area contributed by atoms with Crippen molar-refractivity contribution < 1.29 is 28.9 Å². The third-order valence-electron chi connectivity index (χ3n) is 4.12. The highest BCUT2D eigenvalue weighted by atomic mass is 16.5. The number of ether oxygens (including phenoxy) is 3. The topological polar surface area (TPSA) is 94.1 Å². The van der Waals surface area contributed by atoms with Gasteiger partial charge in [-0.2, -0.15) is 0 Å². The van der Waals surface area contributed by atoms with Crippen molar-refractivity contribution in [3.63, 3.8) is 0 Å². The molecular weight excluding hydrogens is 362 g/mol. The van der Waals surface area contributed by atoms with Gasteiger partial charge in [-0.25, -0.2) is 4.79 Å². The van der Waals surface area contributed by atoms with Gasteiger partial charge in [0.25, 0.3) is 5.91 Å². The maximum absolute atomic E-state index is 12.3. The van der Waals surface area contributed by atoms with Gasteiger partial charge in [-0.05, 0) is 22.9 Å². The first kappa shape index (κ1) is 19.0. The van der Waals surface area contributed by atoms with Crippen molar-refractivity contribution in [1.29, 1.82) is 0 Å². The van der Waals surface area contributed by atoms with Gasteiger partial charge in [-0.15, -0.1) is 0 Å². The monoisotopic (exact) mass is 381 g/mol. The van der Waals surface area contributed by atoms with Crippen LogP contribution in [0.2, 0.25) is 0 Å². The Morgan fingerprint density at radius 1 is 0.929 bits per heavy atom. The molecule has 0 radical (unpaired) electrons. The summed E-state index contributed by atoms with van der Waals surface area (Å²) in [7, 11) is 2.83. The number of carbonyl (C=O) groups is 2. The Balaban J connectivity index is 1.73. The lowest BCUT2D eigenvalue weighted by Gasteiger charge is -2.14. The molecule has 0 unspecified atom stereocenters. The molecule has 7 heteroatoms. The van der Waals surface area contributed by atoms with E-state index in [2.05, 4.69) is 5.32 Å². The van der Waals surface area contributed by atoms with Gasteiger partial charge in [-0.3, -0.25) is 4.79 Å². The van der Waals surface area contributed by atoms with Gasteiger partial charge < -0.3 is 24.6 Å². The van der Waals surface area contributed by atoms with E-state index in [1.54, 1.807) is 6.07 Å². The number of carbonyl (C=O) groups excluding carboxylic acids is 1. The summed E-state index contributed by atoms with van der Waals surface area (Å²) in [5.41, 5.74) is -0.0195. The fourth-order valence-corrected chi connectivity index (χ4v) is 2.75. The molecule has 0 saturated heterocycles. The third-order valence-corrected chi connectivity index (χ3v) is 4.12. The van der Waals surface area contributed by atoms with Crippen LogP contribution < -0.4 is 19.5 Å². The number of aromatic carboxylic acids is 1. The molecule has 3 aromatic carbocycles. The van der Waals surface area contributed by atoms with Gasteiger partial charge in [0.15, 0.2) is 18.1 Å². The molecule has 0 aliphatic rings. The number of carboxylic acids is 1. The zero-order chi connectivity index (χ0) is 20.1. The number of nitrogens with one attached hydrogen (secondary N) is 1. The van der Waals surface area contributed by atoms with Crippen LogP contribution in [0, 0.1) is 0 Å². The highest BCUT2D eigenvalue weighted by Crippen LogP contribution is 2.33. The highest BCUT2D eigenvalue weighted by molar-refractivity contribution is 6.01. The molecule has 0 fully saturated rings. The Bertz CT molecular complexity index is 1030. The van der Waals surface area contributed by atoms with Crippen LogP contribution in [0.1, 0.15) is 10.4 Å². The normalized spacial score (nSPS) is 10.4. The lowest BCUT2D eigenvalue weighted by Crippen LogP contribution is -2.21. The van der Waals surface area contributed by atoms with E-state index in [9.17, 15) is 14.7 Å². The maximum Gasteiger partial charge on any atom is 0.337 e. The van der Waals surface area contributed by atoms with Crippen LogP contribution >= 0.6 is 0 Å². The molecule has 0 spiro atoms. The van der Waals surface area contributed by atoms with Gasteiger partial charge in [0, 0.05) is 12.1 Å². The van der Waals surface area contributed by atoms with Crippen molar-refractivity contribution in [2.45, 2.75) is 0 Å². The first-order valence-electron chi connectivity index (χ1n) is 8.42. The molecule has 0 aliphatic heterocycles. The van der Waals surface area contributed by atoms with Gasteiger partial charge >= 0.3 is 5.97 Å². The first-order valence-corrected chi connectivity index (χ1v) is 8.42. The number of fused-ring (bicyclic) bond motifs is 1. The van der Waals surface area contributed by atoms with E-state index in [1.165, 1.54) is 26.4 Å². The molecule has 3 rings (SSSR count). The zero-order valence-electron chi connectivity index (χ0n) is 15.4. The number of carboxylic acid groups (broad SMARTS) is 1. The second-order valence-electron chi connectivity index (χ2n) is 5.90. The average Bonchev–Trinajstić information content (AvgIpc) is 2.71. The fourth-order valence-electron chi connectivity index (χ4n) is 2.75. The average molecular weight is 381 g/mol. The predicted molar refractivity (Wildman–Crippen MR) is 105 cm³/mol. The molecule has 28 heavy (non-hydrogen) atoms. The summed E-state index contributed by atoms with van der Waals surface area (Å²) in [6.45, 7) is -0.272. The van der Waals surface area contributed by atoms with Crippen LogP contribution in [0.5, 0.6) is 17.2 Å². The van der Waals surface area contributed by atoms with Crippen LogP contribution in [-0.2, 0) is 4.79 Å². The minimum Gasteiger partial charge on any atom is -0.493 e. The summed E-state index contributed by atoms with van der Waals surface area (Å²) in [6, 6.07) is 16.0. The number of rotatable bonds is 7. The zero-order valence-corrected chi connectivity index (χ0v) is 15.4. The summed E-state index contributed by atoms with van der Waals surface area (Å²) in [6.07, 6.45) is 0. The van der Waals surface area contributed by atoms with Crippen molar-refractivity contribution in [3.8, 4) is 17.2 Å². The van der Waals surface area contributed by atoms with Gasteiger partial charge in [0.05, 0.1) is 25.5 Å². The van der Waals surface area contributed by atoms with E-state index in [-0.39, 0.29) is 23.6 Å². The molecule has 0 bridgehead atoms. The number of hydrogen-bond donors (Lipinski definition) is 2. The SMILES string of the molecule is COc1cc(NC(=O)COc2ccc3ccccc3c2)c(C(=O)O)cc1OC. The molecule has 0 aliphatic carbocycles. The molecule has 0 aromatic heterocycles. The first-order chi connectivity index (χ1) is 13.5. The smallest absolute Gasteiger partial charge is 0.337 e. The number of amides is 1. The predicted octanol–water partition coefficient (Wildman–Crippen LogP) is 3.57. The van der Waals surface area contributed by atoms with E-state index >= 15 is 0 Å². The van der Waals surface area contributed by atoms with E-state index in [0.29, 0.717) is 11.5 Å². The van der Waals surface area contributed by atoms with E-state index in [4.69, 9.17) is 14.2 Å². The van der Waals surface area contributed by atoms with Crippen LogP contribution in [0.15, 0.2) is 54.6 Å². The van der Waals surface area contributed by atoms with Gasteiger partial charge in [0.2, 0.25) is 0 Å². The van der Waals surface area contributed by atoms with E-state index < -0.39 is 11.9 Å². The molecule has 1 amide bonds. The molecular formula is C21H19NO6. The lowest BCUT2D eigenvalue weighted by molar-refractivity contribution is -0.118. The summed E-state index contributed by atoms with van der Waals surface area (Å²) in [4.78, 5) is 23.8. The maximum atomic E-state index is 12.3. The fraction of sp³-hybridized carbons (Fsp3) is 0.143. The van der Waals surface area contributed by atoms with Crippen molar-refractivity contribution in [2.24, 2.45) is 0 Å². The Labute approximate surface area is 161 Å². The second-order valence-corrected chi connectivity index (χ2v) is 5.90. The van der Waals surface area contributed by atoms with Crippen molar-refractivity contribution in [1.82, 2.24) is 0 Å². The molecule has 0 atom stereocenters. The van der Waals surface area contributed by atoms with Crippen LogP contribution in [0.4, 0.5) is 5.69 Å². The lowest BCUT2D eigenvalue weighted by atomic mass is 10.1. The molecule has 7 nitrogen and oxygen atoms in total. The Morgan fingerprint density at radius 3 is 2.29 bits per heavy atom. The van der Waals surface area contributed by atoms with Crippen LogP contribution in [-0.4, -0.2) is 37.8 Å². The van der Waals surface area contributed by atoms with Crippen molar-refractivity contribution in [3.05, 3.63) is 60.2 Å². The highest BCUT2D eigenvalue weighted by Gasteiger charge is 2.18. The molecule has 2 N–H and O–H groups in total. The molecule has 0 saturated carbocycles. The summed E-state index contributed by atoms with van der Waals surface area (Å²) < 4.78 is 15.8. The third kappa shape index (κ3) is 4.15. The largest absolute Gasteiger partial charge is 0.493 e. The second kappa shape index (κ2) is 8.30.